The Kier molecular flexibility index (Phi) is 15.6. The molecule has 7 rings (SSSR count). The highest BCUT2D eigenvalue weighted by atomic mass is 32.2. The van der Waals surface area contributed by atoms with Crippen LogP contribution in [-0.2, 0) is 33.3 Å². The molecule has 0 spiro atoms. The van der Waals surface area contributed by atoms with Crippen LogP contribution in [0.5, 0.6) is 0 Å². The van der Waals surface area contributed by atoms with E-state index in [0.29, 0.717) is 55.2 Å². The van der Waals surface area contributed by atoms with Crippen LogP contribution in [0.15, 0.2) is 94.2 Å². The molecule has 5 heterocycles. The number of ether oxygens (including phenoxy) is 3. The van der Waals surface area contributed by atoms with Gasteiger partial charge in [-0.3, -0.25) is 44.1 Å². The Morgan fingerprint density at radius 1 is 0.719 bits per heavy atom. The highest BCUT2D eigenvalue weighted by molar-refractivity contribution is 7.86. The van der Waals surface area contributed by atoms with Gasteiger partial charge in [0.25, 0.3) is 21.9 Å². The quantitative estimate of drug-likeness (QED) is 0.0439. The fourth-order valence-electron chi connectivity index (χ4n) is 6.74. The molecule has 0 radical (unpaired) electrons. The van der Waals surface area contributed by atoms with E-state index in [1.807, 2.05) is 0 Å². The van der Waals surface area contributed by atoms with Crippen molar-refractivity contribution < 1.29 is 59.6 Å². The van der Waals surface area contributed by atoms with Gasteiger partial charge in [0, 0.05) is 61.8 Å². The van der Waals surface area contributed by atoms with Crippen molar-refractivity contribution in [3.8, 4) is 0 Å². The molecule has 3 aliphatic rings. The van der Waals surface area contributed by atoms with Gasteiger partial charge in [-0.15, -0.1) is 0 Å². The van der Waals surface area contributed by atoms with Gasteiger partial charge in [-0.25, -0.2) is 9.59 Å². The number of esters is 1. The number of carbonyl (C=O) groups is 5. The summed E-state index contributed by atoms with van der Waals surface area (Å²) in [4.78, 5) is 67.4. The summed E-state index contributed by atoms with van der Waals surface area (Å²) >= 11 is 0. The lowest BCUT2D eigenvalue weighted by Gasteiger charge is -2.35. The van der Waals surface area contributed by atoms with Gasteiger partial charge in [0.2, 0.25) is 0 Å². The molecule has 3 fully saturated rings. The summed E-state index contributed by atoms with van der Waals surface area (Å²) in [7, 11) is -3.63. The number of amides is 4. The summed E-state index contributed by atoms with van der Waals surface area (Å²) in [5.41, 5.74) is 2.10. The van der Waals surface area contributed by atoms with Gasteiger partial charge >= 0.3 is 18.2 Å². The lowest BCUT2D eigenvalue weighted by atomic mass is 10.1. The van der Waals surface area contributed by atoms with Crippen molar-refractivity contribution in [1.29, 1.82) is 10.8 Å². The zero-order chi connectivity index (χ0) is 45.8. The minimum absolute atomic E-state index is 0.0637. The Labute approximate surface area is 368 Å². The van der Waals surface area contributed by atoms with Gasteiger partial charge < -0.3 is 38.6 Å². The Balaban J connectivity index is 0.000000219. The third-order valence-corrected chi connectivity index (χ3v) is 10.5. The fraction of sp³-hybridized carbons (Fsp3) is 0.357. The molecule has 340 valence electrons. The molecule has 2 aromatic carbocycles. The third-order valence-electron chi connectivity index (χ3n) is 9.98. The summed E-state index contributed by atoms with van der Waals surface area (Å²) in [5.74, 6) is -1.19. The van der Waals surface area contributed by atoms with E-state index in [9.17, 15) is 32.4 Å². The Bertz CT molecular complexity index is 2380. The zero-order valence-corrected chi connectivity index (χ0v) is 35.8. The number of hydrogen-bond acceptors (Lipinski definition) is 17. The number of cyclic esters (lactones) is 2. The molecule has 3 saturated heterocycles. The number of furan rings is 2. The van der Waals surface area contributed by atoms with Crippen LogP contribution in [0.2, 0.25) is 0 Å². The van der Waals surface area contributed by atoms with E-state index in [1.54, 1.807) is 72.5 Å². The summed E-state index contributed by atoms with van der Waals surface area (Å²) in [6.07, 6.45) is 2.08. The van der Waals surface area contributed by atoms with Crippen molar-refractivity contribution in [3.63, 3.8) is 0 Å². The topological polar surface area (TPSA) is 267 Å². The minimum Gasteiger partial charge on any atom is -0.466 e. The van der Waals surface area contributed by atoms with Crippen molar-refractivity contribution in [2.45, 2.75) is 25.6 Å². The van der Waals surface area contributed by atoms with E-state index in [2.05, 4.69) is 24.6 Å². The SMILES string of the molecule is CCOC(=O)CCN1CCN(CC2CN(c3ccc(C(=N)NC(=O)c4ccco4)cc3)C(=O)O2)CC1.CS(=O)(=O)OCC1CN(c2ccc(C(=N)NC(=O)c3ccco3)cc2)C(=O)O1. The summed E-state index contributed by atoms with van der Waals surface area (Å²) in [5, 5.41) is 21.0. The van der Waals surface area contributed by atoms with Crippen molar-refractivity contribution in [2.24, 2.45) is 0 Å². The molecule has 21 nitrogen and oxygen atoms in total. The Morgan fingerprint density at radius 3 is 1.64 bits per heavy atom. The van der Waals surface area contributed by atoms with Gasteiger partial charge in [0.15, 0.2) is 11.5 Å². The molecule has 64 heavy (non-hydrogen) atoms. The molecule has 22 heteroatoms. The molecule has 0 aliphatic carbocycles. The van der Waals surface area contributed by atoms with Crippen LogP contribution in [0.1, 0.15) is 45.6 Å². The first-order valence-corrected chi connectivity index (χ1v) is 22.0. The van der Waals surface area contributed by atoms with E-state index in [4.69, 9.17) is 33.9 Å². The predicted octanol–water partition coefficient (Wildman–Crippen LogP) is 3.27. The number of nitrogens with zero attached hydrogens (tertiary/aromatic N) is 4. The molecule has 3 aliphatic heterocycles. The maximum atomic E-state index is 12.5. The van der Waals surface area contributed by atoms with Crippen molar-refractivity contribution in [3.05, 3.63) is 108 Å². The molecular formula is C42H48N8O13S. The number of carbonyl (C=O) groups excluding carboxylic acids is 5. The highest BCUT2D eigenvalue weighted by Crippen LogP contribution is 2.24. The lowest BCUT2D eigenvalue weighted by Crippen LogP contribution is -2.49. The van der Waals surface area contributed by atoms with Crippen molar-refractivity contribution in [1.82, 2.24) is 20.4 Å². The van der Waals surface area contributed by atoms with Crippen LogP contribution in [0, 0.1) is 10.8 Å². The van der Waals surface area contributed by atoms with E-state index in [-0.39, 0.29) is 48.4 Å². The Hall–Kier alpha value is -6.88. The molecule has 2 unspecified atom stereocenters. The molecule has 4 N–H and O–H groups in total. The number of nitrogens with one attached hydrogen (secondary N) is 4. The van der Waals surface area contributed by atoms with Crippen LogP contribution in [0.4, 0.5) is 21.0 Å². The second-order valence-corrected chi connectivity index (χ2v) is 16.3. The zero-order valence-electron chi connectivity index (χ0n) is 35.0. The smallest absolute Gasteiger partial charge is 0.414 e. The van der Waals surface area contributed by atoms with Crippen LogP contribution < -0.4 is 20.4 Å². The second-order valence-electron chi connectivity index (χ2n) is 14.6. The lowest BCUT2D eigenvalue weighted by molar-refractivity contribution is -0.143. The number of anilines is 2. The highest BCUT2D eigenvalue weighted by Gasteiger charge is 2.35. The number of rotatable bonds is 15. The Morgan fingerprint density at radius 2 is 1.19 bits per heavy atom. The van der Waals surface area contributed by atoms with Gasteiger partial charge in [-0.1, -0.05) is 0 Å². The van der Waals surface area contributed by atoms with Crippen molar-refractivity contribution >= 4 is 63.1 Å². The second kappa shape index (κ2) is 21.5. The normalized spacial score (nSPS) is 17.8. The maximum absolute atomic E-state index is 12.5. The van der Waals surface area contributed by atoms with E-state index in [0.717, 1.165) is 32.4 Å². The molecule has 0 bridgehead atoms. The van der Waals surface area contributed by atoms with Crippen LogP contribution in [0.3, 0.4) is 0 Å². The molecular weight excluding hydrogens is 857 g/mol. The average Bonchev–Trinajstić information content (AvgIpc) is 4.12. The fourth-order valence-corrected chi connectivity index (χ4v) is 7.14. The number of benzene rings is 2. The third kappa shape index (κ3) is 13.1. The van der Waals surface area contributed by atoms with E-state index in [1.165, 1.54) is 29.6 Å². The first kappa shape index (κ1) is 46.6. The molecule has 4 aromatic rings. The number of piperazine rings is 1. The molecule has 2 aromatic heterocycles. The maximum Gasteiger partial charge on any atom is 0.414 e. The van der Waals surface area contributed by atoms with Gasteiger partial charge in [-0.2, -0.15) is 8.42 Å². The van der Waals surface area contributed by atoms with Crippen molar-refractivity contribution in [2.75, 3.05) is 81.6 Å². The first-order chi connectivity index (χ1) is 30.6. The predicted molar refractivity (Wildman–Crippen MR) is 229 cm³/mol. The van der Waals surface area contributed by atoms with Crippen LogP contribution >= 0.6 is 0 Å². The molecule has 0 saturated carbocycles. The standard InChI is InChI=1S/C25H31N5O6.C17H17N3O7S/c1-2-34-22(31)9-10-28-11-13-29(14-12-28)16-20-17-30(25(33)36-20)19-7-5-18(6-8-19)23(26)27-24(32)21-4-3-15-35-21;1-28(23,24)26-10-13-9-20(17(22)27-13)12-6-4-11(5-7-12)15(18)19-16(21)14-3-2-8-25-14/h3-8,15,20H,2,9-14,16-17H2,1H3,(H2,26,27,32);2-8,13H,9-10H2,1H3,(H2,18,19,21). The largest absolute Gasteiger partial charge is 0.466 e. The number of amidine groups is 2. The van der Waals surface area contributed by atoms with Crippen LogP contribution in [0.25, 0.3) is 0 Å². The van der Waals surface area contributed by atoms with Gasteiger partial charge in [-0.05, 0) is 79.7 Å². The molecule has 2 atom stereocenters. The van der Waals surface area contributed by atoms with E-state index >= 15 is 0 Å². The van der Waals surface area contributed by atoms with Crippen LogP contribution in [-0.4, -0.2) is 144 Å². The minimum atomic E-state index is -3.63. The monoisotopic (exact) mass is 904 g/mol. The van der Waals surface area contributed by atoms with Gasteiger partial charge in [0.1, 0.15) is 30.5 Å². The summed E-state index contributed by atoms with van der Waals surface area (Å²) in [6.45, 7) is 7.25. The van der Waals surface area contributed by atoms with Gasteiger partial charge in [0.05, 0.1) is 44.9 Å². The average molecular weight is 905 g/mol. The summed E-state index contributed by atoms with van der Waals surface area (Å²) in [6, 6.07) is 19.3. The van der Waals surface area contributed by atoms with E-state index < -0.39 is 40.2 Å². The first-order valence-electron chi connectivity index (χ1n) is 20.1. The number of hydrogen-bond donors (Lipinski definition) is 4. The molecule has 4 amide bonds. The summed E-state index contributed by atoms with van der Waals surface area (Å²) < 4.78 is 52.4.